The van der Waals surface area contributed by atoms with Gasteiger partial charge in [-0.05, 0) is 37.6 Å². The van der Waals surface area contributed by atoms with Crippen molar-refractivity contribution in [1.29, 1.82) is 0 Å². The Kier molecular flexibility index (Phi) is 2.46. The molecular weight excluding hydrogens is 172 g/mol. The Morgan fingerprint density at radius 1 is 1.29 bits per heavy atom. The van der Waals surface area contributed by atoms with Crippen molar-refractivity contribution in [3.05, 3.63) is 41.6 Å². The third kappa shape index (κ3) is 1.61. The van der Waals surface area contributed by atoms with E-state index in [9.17, 15) is 0 Å². The summed E-state index contributed by atoms with van der Waals surface area (Å²) >= 11 is 0. The van der Waals surface area contributed by atoms with Gasteiger partial charge in [-0.2, -0.15) is 0 Å². The molecule has 2 heteroatoms. The van der Waals surface area contributed by atoms with E-state index in [1.54, 1.807) is 0 Å². The Hall–Kier alpha value is -1.41. The first-order valence-corrected chi connectivity index (χ1v) is 4.86. The monoisotopic (exact) mass is 186 g/mol. The van der Waals surface area contributed by atoms with E-state index in [2.05, 4.69) is 17.1 Å². The van der Waals surface area contributed by atoms with Crippen LogP contribution in [0.15, 0.2) is 30.3 Å². The van der Waals surface area contributed by atoms with E-state index in [1.165, 1.54) is 10.9 Å². The highest BCUT2D eigenvalue weighted by atomic mass is 14.7. The molecule has 0 bridgehead atoms. The fourth-order valence-electron chi connectivity index (χ4n) is 1.76. The summed E-state index contributed by atoms with van der Waals surface area (Å²) in [5.74, 6) is 0. The molecule has 0 unspecified atom stereocenters. The summed E-state index contributed by atoms with van der Waals surface area (Å²) in [6.45, 7) is 2.71. The number of hydrogen-bond donors (Lipinski definition) is 1. The SMILES string of the molecule is Cc1cc(CCN)c2ccccc2n1. The molecule has 0 spiro atoms. The molecule has 0 fully saturated rings. The van der Waals surface area contributed by atoms with Crippen LogP contribution in [0.2, 0.25) is 0 Å². The van der Waals surface area contributed by atoms with E-state index >= 15 is 0 Å². The van der Waals surface area contributed by atoms with Crippen molar-refractivity contribution in [2.24, 2.45) is 5.73 Å². The molecule has 0 radical (unpaired) electrons. The van der Waals surface area contributed by atoms with Gasteiger partial charge in [-0.15, -0.1) is 0 Å². The van der Waals surface area contributed by atoms with Crippen LogP contribution in [0.1, 0.15) is 11.3 Å². The van der Waals surface area contributed by atoms with Crippen LogP contribution >= 0.6 is 0 Å². The van der Waals surface area contributed by atoms with Crippen LogP contribution < -0.4 is 5.73 Å². The van der Waals surface area contributed by atoms with E-state index in [-0.39, 0.29) is 0 Å². The smallest absolute Gasteiger partial charge is 0.0707 e. The van der Waals surface area contributed by atoms with E-state index in [0.29, 0.717) is 6.54 Å². The van der Waals surface area contributed by atoms with Gasteiger partial charge < -0.3 is 5.73 Å². The lowest BCUT2D eigenvalue weighted by atomic mass is 10.1. The average Bonchev–Trinajstić information content (AvgIpc) is 2.18. The van der Waals surface area contributed by atoms with Crippen molar-refractivity contribution in [3.63, 3.8) is 0 Å². The number of aromatic nitrogens is 1. The highest BCUT2D eigenvalue weighted by Gasteiger charge is 2.01. The minimum Gasteiger partial charge on any atom is -0.330 e. The van der Waals surface area contributed by atoms with Crippen molar-refractivity contribution in [2.45, 2.75) is 13.3 Å². The van der Waals surface area contributed by atoms with Crippen LogP contribution in [-0.2, 0) is 6.42 Å². The first kappa shape index (κ1) is 9.16. The first-order valence-electron chi connectivity index (χ1n) is 4.86. The Balaban J connectivity index is 2.67. The summed E-state index contributed by atoms with van der Waals surface area (Å²) in [6, 6.07) is 10.3. The van der Waals surface area contributed by atoms with Gasteiger partial charge in [0.25, 0.3) is 0 Å². The number of aryl methyl sites for hydroxylation is 1. The Morgan fingerprint density at radius 3 is 2.86 bits per heavy atom. The largest absolute Gasteiger partial charge is 0.330 e. The van der Waals surface area contributed by atoms with Crippen molar-refractivity contribution >= 4 is 10.9 Å². The number of hydrogen-bond acceptors (Lipinski definition) is 2. The lowest BCUT2D eigenvalue weighted by Gasteiger charge is -2.05. The zero-order chi connectivity index (χ0) is 9.97. The van der Waals surface area contributed by atoms with Crippen molar-refractivity contribution in [3.8, 4) is 0 Å². The maximum atomic E-state index is 5.58. The third-order valence-corrected chi connectivity index (χ3v) is 2.34. The summed E-state index contributed by atoms with van der Waals surface area (Å²) in [7, 11) is 0. The molecule has 0 aliphatic heterocycles. The van der Waals surface area contributed by atoms with Gasteiger partial charge in [0.15, 0.2) is 0 Å². The zero-order valence-corrected chi connectivity index (χ0v) is 8.33. The second-order valence-corrected chi connectivity index (χ2v) is 3.48. The molecule has 2 N–H and O–H groups in total. The minimum absolute atomic E-state index is 0.688. The minimum atomic E-state index is 0.688. The highest BCUT2D eigenvalue weighted by Crippen LogP contribution is 2.18. The van der Waals surface area contributed by atoms with Gasteiger partial charge in [0.2, 0.25) is 0 Å². The molecule has 1 heterocycles. The van der Waals surface area contributed by atoms with Gasteiger partial charge >= 0.3 is 0 Å². The van der Waals surface area contributed by atoms with Crippen LogP contribution in [-0.4, -0.2) is 11.5 Å². The number of nitrogens with two attached hydrogens (primary N) is 1. The molecule has 1 aromatic heterocycles. The third-order valence-electron chi connectivity index (χ3n) is 2.34. The standard InChI is InChI=1S/C12H14N2/c1-9-8-10(6-7-13)11-4-2-3-5-12(11)14-9/h2-5,8H,6-7,13H2,1H3. The van der Waals surface area contributed by atoms with E-state index in [4.69, 9.17) is 5.73 Å². The molecule has 0 aliphatic rings. The molecule has 72 valence electrons. The molecular formula is C12H14N2. The predicted molar refractivity (Wildman–Crippen MR) is 59.2 cm³/mol. The van der Waals surface area contributed by atoms with Crippen molar-refractivity contribution in [2.75, 3.05) is 6.54 Å². The van der Waals surface area contributed by atoms with Crippen LogP contribution in [0.3, 0.4) is 0 Å². The van der Waals surface area contributed by atoms with Gasteiger partial charge in [0.1, 0.15) is 0 Å². The fraction of sp³-hybridized carbons (Fsp3) is 0.250. The molecule has 1 aromatic carbocycles. The van der Waals surface area contributed by atoms with Gasteiger partial charge in [0, 0.05) is 11.1 Å². The number of para-hydroxylation sites is 1. The topological polar surface area (TPSA) is 38.9 Å². The maximum Gasteiger partial charge on any atom is 0.0707 e. The lowest BCUT2D eigenvalue weighted by molar-refractivity contribution is 0.971. The molecule has 2 aromatic rings. The number of pyridine rings is 1. The Bertz CT molecular complexity index is 449. The summed E-state index contributed by atoms with van der Waals surface area (Å²) < 4.78 is 0. The predicted octanol–water partition coefficient (Wildman–Crippen LogP) is 2.04. The molecule has 2 nitrogen and oxygen atoms in total. The number of rotatable bonds is 2. The molecule has 14 heavy (non-hydrogen) atoms. The van der Waals surface area contributed by atoms with Gasteiger partial charge in [-0.3, -0.25) is 4.98 Å². The Labute approximate surface area is 83.8 Å². The molecule has 0 saturated heterocycles. The quantitative estimate of drug-likeness (QED) is 0.779. The average molecular weight is 186 g/mol. The van der Waals surface area contributed by atoms with E-state index in [1.807, 2.05) is 25.1 Å². The molecule has 0 atom stereocenters. The summed E-state index contributed by atoms with van der Waals surface area (Å²) in [4.78, 5) is 4.48. The molecule has 0 saturated carbocycles. The van der Waals surface area contributed by atoms with Crippen LogP contribution in [0.25, 0.3) is 10.9 Å². The lowest BCUT2D eigenvalue weighted by Crippen LogP contribution is -2.04. The zero-order valence-electron chi connectivity index (χ0n) is 8.33. The fourth-order valence-corrected chi connectivity index (χ4v) is 1.76. The maximum absolute atomic E-state index is 5.58. The van der Waals surface area contributed by atoms with Crippen LogP contribution in [0.4, 0.5) is 0 Å². The second kappa shape index (κ2) is 3.76. The summed E-state index contributed by atoms with van der Waals surface area (Å²) in [5, 5.41) is 1.23. The summed E-state index contributed by atoms with van der Waals surface area (Å²) in [6.07, 6.45) is 0.921. The van der Waals surface area contributed by atoms with Crippen LogP contribution in [0.5, 0.6) is 0 Å². The number of benzene rings is 1. The molecule has 0 aliphatic carbocycles. The van der Waals surface area contributed by atoms with Crippen molar-refractivity contribution in [1.82, 2.24) is 4.98 Å². The van der Waals surface area contributed by atoms with E-state index in [0.717, 1.165) is 17.6 Å². The second-order valence-electron chi connectivity index (χ2n) is 3.48. The molecule has 0 amide bonds. The van der Waals surface area contributed by atoms with Gasteiger partial charge in [-0.25, -0.2) is 0 Å². The van der Waals surface area contributed by atoms with Gasteiger partial charge in [-0.1, -0.05) is 18.2 Å². The van der Waals surface area contributed by atoms with Crippen LogP contribution in [0, 0.1) is 6.92 Å². The van der Waals surface area contributed by atoms with E-state index < -0.39 is 0 Å². The summed E-state index contributed by atoms with van der Waals surface area (Å²) in [5.41, 5.74) is 9.01. The highest BCUT2D eigenvalue weighted by molar-refractivity contribution is 5.82. The normalized spacial score (nSPS) is 10.7. The molecule has 2 rings (SSSR count). The van der Waals surface area contributed by atoms with Gasteiger partial charge in [0.05, 0.1) is 5.52 Å². The van der Waals surface area contributed by atoms with Crippen molar-refractivity contribution < 1.29 is 0 Å². The number of nitrogens with zero attached hydrogens (tertiary/aromatic N) is 1. The Morgan fingerprint density at radius 2 is 2.07 bits per heavy atom. The number of fused-ring (bicyclic) bond motifs is 1. The first-order chi connectivity index (χ1) is 6.81.